The first-order valence-corrected chi connectivity index (χ1v) is 12.9. The molecule has 0 N–H and O–H groups in total. The molecule has 28 heavy (non-hydrogen) atoms. The van der Waals surface area contributed by atoms with Crippen LogP contribution in [0.5, 0.6) is 0 Å². The minimum Gasteiger partial charge on any atom is -0.338 e. The van der Waals surface area contributed by atoms with Crippen molar-refractivity contribution in [1.82, 2.24) is 9.80 Å². The maximum Gasteiger partial charge on any atom is 0.197 e. The van der Waals surface area contributed by atoms with Crippen LogP contribution in [0.2, 0.25) is 0 Å². The third kappa shape index (κ3) is 3.84. The molecule has 3 saturated carbocycles. The Kier molecular flexibility index (Phi) is 5.88. The van der Waals surface area contributed by atoms with Crippen LogP contribution in [-0.2, 0) is 0 Å². The first kappa shape index (κ1) is 19.2. The predicted molar refractivity (Wildman–Crippen MR) is 118 cm³/mol. The Balaban J connectivity index is 1.31. The Morgan fingerprint density at radius 3 is 2.00 bits per heavy atom. The molecule has 0 spiro atoms. The first-order chi connectivity index (χ1) is 13.8. The van der Waals surface area contributed by atoms with Crippen molar-refractivity contribution in [2.75, 3.05) is 19.6 Å². The highest BCUT2D eigenvalue weighted by atomic mass is 15.5. The van der Waals surface area contributed by atoms with Crippen LogP contribution in [0.1, 0.15) is 96.8 Å². The summed E-state index contributed by atoms with van der Waals surface area (Å²) in [5, 5.41) is 0. The molecule has 0 aromatic carbocycles. The number of guanidine groups is 1. The summed E-state index contributed by atoms with van der Waals surface area (Å²) in [4.78, 5) is 10.9. The van der Waals surface area contributed by atoms with Gasteiger partial charge in [-0.05, 0) is 62.2 Å². The summed E-state index contributed by atoms with van der Waals surface area (Å²) in [5.41, 5.74) is 0. The molecule has 0 aromatic rings. The van der Waals surface area contributed by atoms with Crippen LogP contribution in [0.3, 0.4) is 0 Å². The molecule has 1 saturated heterocycles. The zero-order valence-electron chi connectivity index (χ0n) is 18.3. The van der Waals surface area contributed by atoms with Crippen LogP contribution >= 0.6 is 0 Å². The fraction of sp³-hybridized carbons (Fsp3) is 0.960. The van der Waals surface area contributed by atoms with Gasteiger partial charge in [-0.1, -0.05) is 58.3 Å². The Morgan fingerprint density at radius 2 is 1.36 bits per heavy atom. The summed E-state index contributed by atoms with van der Waals surface area (Å²) < 4.78 is 0. The van der Waals surface area contributed by atoms with E-state index in [4.69, 9.17) is 4.99 Å². The molecule has 4 fully saturated rings. The van der Waals surface area contributed by atoms with E-state index in [-0.39, 0.29) is 0 Å². The molecule has 2 aliphatic heterocycles. The van der Waals surface area contributed by atoms with Crippen LogP contribution in [0.4, 0.5) is 0 Å². The smallest absolute Gasteiger partial charge is 0.197 e. The van der Waals surface area contributed by atoms with Gasteiger partial charge in [-0.25, -0.2) is 0 Å². The predicted octanol–water partition coefficient (Wildman–Crippen LogP) is 5.70. The average Bonchev–Trinajstić information content (AvgIpc) is 3.31. The fourth-order valence-electron chi connectivity index (χ4n) is 7.29. The van der Waals surface area contributed by atoms with Gasteiger partial charge in [0, 0.05) is 13.1 Å². The van der Waals surface area contributed by atoms with E-state index in [0.717, 1.165) is 42.3 Å². The number of aliphatic imine (C=N–C) groups is 1. The van der Waals surface area contributed by atoms with Crippen molar-refractivity contribution in [2.24, 2.45) is 28.7 Å². The maximum atomic E-state index is 5.23. The molecule has 5 aliphatic rings. The zero-order valence-corrected chi connectivity index (χ0v) is 18.3. The molecule has 158 valence electrons. The van der Waals surface area contributed by atoms with Crippen molar-refractivity contribution >= 4 is 5.96 Å². The quantitative estimate of drug-likeness (QED) is 0.618. The molecule has 5 rings (SSSR count). The summed E-state index contributed by atoms with van der Waals surface area (Å²) in [7, 11) is 0. The third-order valence-corrected chi connectivity index (χ3v) is 9.10. The van der Waals surface area contributed by atoms with Crippen LogP contribution in [0.25, 0.3) is 0 Å². The molecule has 0 bridgehead atoms. The molecular formula is C25H43N3. The topological polar surface area (TPSA) is 18.8 Å². The average molecular weight is 386 g/mol. The van der Waals surface area contributed by atoms with Crippen molar-refractivity contribution in [3.05, 3.63) is 0 Å². The Hall–Kier alpha value is -0.730. The minimum atomic E-state index is 0.734. The Morgan fingerprint density at radius 1 is 0.750 bits per heavy atom. The number of hydrogen-bond donors (Lipinski definition) is 0. The number of hydrogen-bond acceptors (Lipinski definition) is 3. The summed E-state index contributed by atoms with van der Waals surface area (Å²) in [6.45, 7) is 6.15. The third-order valence-electron chi connectivity index (χ3n) is 9.10. The number of nitrogens with zero attached hydrogens (tertiary/aromatic N) is 3. The van der Waals surface area contributed by atoms with Crippen LogP contribution in [-0.4, -0.2) is 47.5 Å². The second-order valence-corrected chi connectivity index (χ2v) is 11.0. The molecule has 2 atom stereocenters. The monoisotopic (exact) mass is 385 g/mol. The lowest BCUT2D eigenvalue weighted by Crippen LogP contribution is -2.43. The molecule has 2 heterocycles. The van der Waals surface area contributed by atoms with Crippen molar-refractivity contribution in [3.8, 4) is 0 Å². The fourth-order valence-corrected chi connectivity index (χ4v) is 7.29. The summed E-state index contributed by atoms with van der Waals surface area (Å²) in [5.74, 6) is 5.15. The van der Waals surface area contributed by atoms with Gasteiger partial charge in [-0.3, -0.25) is 4.99 Å². The molecule has 0 unspecified atom stereocenters. The lowest BCUT2D eigenvalue weighted by molar-refractivity contribution is 0.153. The Labute approximate surface area is 173 Å². The van der Waals surface area contributed by atoms with Gasteiger partial charge in [0.2, 0.25) is 0 Å². The zero-order chi connectivity index (χ0) is 18.9. The van der Waals surface area contributed by atoms with Crippen LogP contribution in [0, 0.1) is 23.7 Å². The Bertz CT molecular complexity index is 538. The van der Waals surface area contributed by atoms with E-state index in [0.29, 0.717) is 0 Å². The highest BCUT2D eigenvalue weighted by molar-refractivity contribution is 5.84. The van der Waals surface area contributed by atoms with Gasteiger partial charge >= 0.3 is 0 Å². The second kappa shape index (κ2) is 8.56. The van der Waals surface area contributed by atoms with Gasteiger partial charge in [0.1, 0.15) is 0 Å². The molecule has 0 radical (unpaired) electrons. The van der Waals surface area contributed by atoms with Gasteiger partial charge in [0.25, 0.3) is 0 Å². The van der Waals surface area contributed by atoms with E-state index in [1.807, 2.05) is 0 Å². The number of fused-ring (bicyclic) bond motifs is 1. The lowest BCUT2D eigenvalue weighted by Gasteiger charge is -2.37. The highest BCUT2D eigenvalue weighted by Gasteiger charge is 2.47. The van der Waals surface area contributed by atoms with E-state index < -0.39 is 0 Å². The van der Waals surface area contributed by atoms with E-state index in [1.165, 1.54) is 109 Å². The number of rotatable bonds is 4. The minimum absolute atomic E-state index is 0.734. The van der Waals surface area contributed by atoms with Gasteiger partial charge in [0.15, 0.2) is 5.96 Å². The van der Waals surface area contributed by atoms with Crippen LogP contribution < -0.4 is 0 Å². The molecule has 0 aromatic heterocycles. The molecule has 3 heteroatoms. The second-order valence-electron chi connectivity index (χ2n) is 11.0. The molecule has 3 nitrogen and oxygen atoms in total. The van der Waals surface area contributed by atoms with Gasteiger partial charge < -0.3 is 9.80 Å². The summed E-state index contributed by atoms with van der Waals surface area (Å²) in [6.07, 6.45) is 20.5. The van der Waals surface area contributed by atoms with Gasteiger partial charge in [0.05, 0.1) is 18.6 Å². The van der Waals surface area contributed by atoms with Crippen molar-refractivity contribution in [2.45, 2.75) is 109 Å². The normalized spacial score (nSPS) is 38.0. The first-order valence-electron chi connectivity index (χ1n) is 12.9. The van der Waals surface area contributed by atoms with Gasteiger partial charge in [-0.2, -0.15) is 0 Å². The largest absolute Gasteiger partial charge is 0.338 e. The van der Waals surface area contributed by atoms with E-state index >= 15 is 0 Å². The van der Waals surface area contributed by atoms with Crippen LogP contribution in [0.15, 0.2) is 4.99 Å². The van der Waals surface area contributed by atoms with Crippen molar-refractivity contribution < 1.29 is 0 Å². The summed E-state index contributed by atoms with van der Waals surface area (Å²) >= 11 is 0. The molecule has 0 amide bonds. The highest BCUT2D eigenvalue weighted by Crippen LogP contribution is 2.40. The SMILES string of the molecule is CC1CCC(CN2C3=NC[C@H](C4CCCCC4)N3C[C@@H]2C2CCCCC2)CC1. The van der Waals surface area contributed by atoms with Crippen molar-refractivity contribution in [1.29, 1.82) is 0 Å². The summed E-state index contributed by atoms with van der Waals surface area (Å²) in [6, 6.07) is 1.50. The van der Waals surface area contributed by atoms with Gasteiger partial charge in [-0.15, -0.1) is 0 Å². The maximum absolute atomic E-state index is 5.23. The molecule has 3 aliphatic carbocycles. The van der Waals surface area contributed by atoms with E-state index in [9.17, 15) is 0 Å². The standard InChI is InChI=1S/C25H43N3/c1-19-12-14-20(15-13-19)17-27-24(22-10-6-3-7-11-22)18-28-23(16-26-25(27)28)21-8-4-2-5-9-21/h19-24H,2-18H2,1H3/t19?,20?,23-,24-/m1/s1. The lowest BCUT2D eigenvalue weighted by atomic mass is 9.81. The van der Waals surface area contributed by atoms with E-state index in [1.54, 1.807) is 0 Å². The molecular weight excluding hydrogens is 342 g/mol. The van der Waals surface area contributed by atoms with Crippen molar-refractivity contribution in [3.63, 3.8) is 0 Å². The van der Waals surface area contributed by atoms with E-state index in [2.05, 4.69) is 16.7 Å².